The Bertz CT molecular complexity index is 127. The van der Waals surface area contributed by atoms with Gasteiger partial charge in [-0.05, 0) is 25.2 Å². The van der Waals surface area contributed by atoms with Gasteiger partial charge < -0.3 is 4.79 Å². The molecule has 0 saturated heterocycles. The maximum atomic E-state index is 10.8. The van der Waals surface area contributed by atoms with Crippen molar-refractivity contribution in [1.82, 2.24) is 0 Å². The van der Waals surface area contributed by atoms with Gasteiger partial charge in [0.05, 0.1) is 0 Å². The van der Waals surface area contributed by atoms with Crippen LogP contribution in [-0.2, 0) is 4.79 Å². The van der Waals surface area contributed by atoms with Crippen molar-refractivity contribution in [3.8, 4) is 0 Å². The molecule has 0 aliphatic heterocycles. The molecule has 0 heterocycles. The fraction of sp³-hybridized carbons (Fsp3) is 0.923. The fourth-order valence-electron chi connectivity index (χ4n) is 1.89. The van der Waals surface area contributed by atoms with Crippen molar-refractivity contribution >= 4 is 6.29 Å². The standard InChI is InChI=1S/C13H26O/c1-4-7-8-13(11-14)10-9-12(5-2)6-3/h11-13H,4-10H2,1-3H3. The van der Waals surface area contributed by atoms with Gasteiger partial charge in [0.25, 0.3) is 0 Å². The van der Waals surface area contributed by atoms with Crippen LogP contribution in [0.5, 0.6) is 0 Å². The third-order valence-electron chi connectivity index (χ3n) is 3.22. The molecule has 0 radical (unpaired) electrons. The van der Waals surface area contributed by atoms with Gasteiger partial charge in [-0.15, -0.1) is 0 Å². The zero-order valence-corrected chi connectivity index (χ0v) is 10.1. The molecule has 0 rings (SSSR count). The fourth-order valence-corrected chi connectivity index (χ4v) is 1.89. The van der Waals surface area contributed by atoms with E-state index < -0.39 is 0 Å². The average molecular weight is 198 g/mol. The third-order valence-corrected chi connectivity index (χ3v) is 3.22. The highest BCUT2D eigenvalue weighted by molar-refractivity contribution is 5.53. The van der Waals surface area contributed by atoms with Crippen LogP contribution in [-0.4, -0.2) is 6.29 Å². The molecule has 1 heteroatoms. The maximum Gasteiger partial charge on any atom is 0.123 e. The quantitative estimate of drug-likeness (QED) is 0.507. The van der Waals surface area contributed by atoms with Crippen LogP contribution in [0.1, 0.15) is 65.7 Å². The highest BCUT2D eigenvalue weighted by atomic mass is 16.1. The van der Waals surface area contributed by atoms with Crippen LogP contribution in [0, 0.1) is 11.8 Å². The lowest BCUT2D eigenvalue weighted by atomic mass is 9.90. The van der Waals surface area contributed by atoms with Gasteiger partial charge in [0.1, 0.15) is 6.29 Å². The van der Waals surface area contributed by atoms with E-state index in [1.54, 1.807) is 0 Å². The summed E-state index contributed by atoms with van der Waals surface area (Å²) in [5.41, 5.74) is 0. The van der Waals surface area contributed by atoms with Gasteiger partial charge in [-0.25, -0.2) is 0 Å². The molecule has 0 spiro atoms. The lowest BCUT2D eigenvalue weighted by Gasteiger charge is -2.15. The molecule has 1 atom stereocenters. The van der Waals surface area contributed by atoms with Crippen LogP contribution in [0.15, 0.2) is 0 Å². The number of carbonyl (C=O) groups is 1. The summed E-state index contributed by atoms with van der Waals surface area (Å²) >= 11 is 0. The molecular weight excluding hydrogens is 172 g/mol. The van der Waals surface area contributed by atoms with Crippen LogP contribution < -0.4 is 0 Å². The van der Waals surface area contributed by atoms with Crippen LogP contribution >= 0.6 is 0 Å². The summed E-state index contributed by atoms with van der Waals surface area (Å²) < 4.78 is 0. The number of hydrogen-bond donors (Lipinski definition) is 0. The van der Waals surface area contributed by atoms with Crippen LogP contribution in [0.2, 0.25) is 0 Å². The van der Waals surface area contributed by atoms with Crippen LogP contribution in [0.25, 0.3) is 0 Å². The van der Waals surface area contributed by atoms with Gasteiger partial charge in [0, 0.05) is 5.92 Å². The average Bonchev–Trinajstić information content (AvgIpc) is 2.23. The minimum absolute atomic E-state index is 0.329. The topological polar surface area (TPSA) is 17.1 Å². The monoisotopic (exact) mass is 198 g/mol. The third kappa shape index (κ3) is 6.17. The zero-order chi connectivity index (χ0) is 10.8. The van der Waals surface area contributed by atoms with Crippen molar-refractivity contribution in [3.63, 3.8) is 0 Å². The maximum absolute atomic E-state index is 10.8. The Morgan fingerprint density at radius 1 is 1.00 bits per heavy atom. The predicted octanol–water partition coefficient (Wildman–Crippen LogP) is 4.21. The Balaban J connectivity index is 3.64. The lowest BCUT2D eigenvalue weighted by Crippen LogP contribution is -2.06. The largest absolute Gasteiger partial charge is 0.303 e. The first-order valence-electron chi connectivity index (χ1n) is 6.23. The number of rotatable bonds is 9. The van der Waals surface area contributed by atoms with Crippen molar-refractivity contribution in [3.05, 3.63) is 0 Å². The Labute approximate surface area is 89.3 Å². The number of carbonyl (C=O) groups excluding carboxylic acids is 1. The van der Waals surface area contributed by atoms with Crippen LogP contribution in [0.3, 0.4) is 0 Å². The zero-order valence-electron chi connectivity index (χ0n) is 10.1. The Morgan fingerprint density at radius 2 is 1.64 bits per heavy atom. The summed E-state index contributed by atoms with van der Waals surface area (Å²) in [6.45, 7) is 6.68. The molecule has 0 N–H and O–H groups in total. The van der Waals surface area contributed by atoms with E-state index >= 15 is 0 Å². The predicted molar refractivity (Wildman–Crippen MR) is 62.4 cm³/mol. The van der Waals surface area contributed by atoms with Crippen molar-refractivity contribution in [2.24, 2.45) is 11.8 Å². The highest BCUT2D eigenvalue weighted by Crippen LogP contribution is 2.20. The highest BCUT2D eigenvalue weighted by Gasteiger charge is 2.10. The molecule has 0 fully saturated rings. The van der Waals surface area contributed by atoms with E-state index in [0.717, 1.165) is 25.0 Å². The first kappa shape index (κ1) is 13.7. The Hall–Kier alpha value is -0.330. The molecule has 0 aromatic carbocycles. The molecule has 14 heavy (non-hydrogen) atoms. The second-order valence-electron chi connectivity index (χ2n) is 4.30. The molecule has 0 aromatic heterocycles. The van der Waals surface area contributed by atoms with Gasteiger partial charge >= 0.3 is 0 Å². The van der Waals surface area contributed by atoms with Crippen molar-refractivity contribution in [2.45, 2.75) is 65.7 Å². The van der Waals surface area contributed by atoms with E-state index in [1.165, 1.54) is 32.1 Å². The molecule has 0 aliphatic rings. The normalized spacial score (nSPS) is 13.1. The summed E-state index contributed by atoms with van der Waals surface area (Å²) in [5.74, 6) is 1.16. The Kier molecular flexibility index (Phi) is 9.02. The minimum atomic E-state index is 0.329. The first-order valence-corrected chi connectivity index (χ1v) is 6.23. The summed E-state index contributed by atoms with van der Waals surface area (Å²) in [7, 11) is 0. The van der Waals surface area contributed by atoms with E-state index in [-0.39, 0.29) is 0 Å². The SMILES string of the molecule is CCCCC(C=O)CCC(CC)CC. The van der Waals surface area contributed by atoms with Gasteiger partial charge in [0.2, 0.25) is 0 Å². The molecule has 1 nitrogen and oxygen atoms in total. The number of unbranched alkanes of at least 4 members (excludes halogenated alkanes) is 1. The second kappa shape index (κ2) is 9.23. The van der Waals surface area contributed by atoms with Crippen molar-refractivity contribution in [1.29, 1.82) is 0 Å². The van der Waals surface area contributed by atoms with Crippen molar-refractivity contribution in [2.75, 3.05) is 0 Å². The van der Waals surface area contributed by atoms with Gasteiger partial charge in [-0.2, -0.15) is 0 Å². The molecule has 0 bridgehead atoms. The molecule has 0 aliphatic carbocycles. The molecule has 1 unspecified atom stereocenters. The summed E-state index contributed by atoms with van der Waals surface area (Å²) in [5, 5.41) is 0. The molecular formula is C13H26O. The van der Waals surface area contributed by atoms with E-state index in [9.17, 15) is 4.79 Å². The van der Waals surface area contributed by atoms with E-state index in [2.05, 4.69) is 20.8 Å². The van der Waals surface area contributed by atoms with Gasteiger partial charge in [0.15, 0.2) is 0 Å². The van der Waals surface area contributed by atoms with Gasteiger partial charge in [-0.3, -0.25) is 0 Å². The molecule has 84 valence electrons. The second-order valence-corrected chi connectivity index (χ2v) is 4.30. The smallest absolute Gasteiger partial charge is 0.123 e. The number of hydrogen-bond acceptors (Lipinski definition) is 1. The van der Waals surface area contributed by atoms with Crippen molar-refractivity contribution < 1.29 is 4.79 Å². The summed E-state index contributed by atoms with van der Waals surface area (Å²) in [4.78, 5) is 10.8. The van der Waals surface area contributed by atoms with E-state index in [4.69, 9.17) is 0 Å². The summed E-state index contributed by atoms with van der Waals surface area (Å²) in [6.07, 6.45) is 9.53. The molecule has 0 aromatic rings. The van der Waals surface area contributed by atoms with E-state index in [1.807, 2.05) is 0 Å². The van der Waals surface area contributed by atoms with E-state index in [0.29, 0.717) is 5.92 Å². The van der Waals surface area contributed by atoms with Crippen LogP contribution in [0.4, 0.5) is 0 Å². The molecule has 0 amide bonds. The number of aldehydes is 1. The minimum Gasteiger partial charge on any atom is -0.303 e. The first-order chi connectivity index (χ1) is 6.78. The summed E-state index contributed by atoms with van der Waals surface area (Å²) in [6, 6.07) is 0. The lowest BCUT2D eigenvalue weighted by molar-refractivity contribution is -0.111. The Morgan fingerprint density at radius 3 is 2.07 bits per heavy atom. The van der Waals surface area contributed by atoms with Gasteiger partial charge in [-0.1, -0.05) is 46.5 Å². The molecule has 0 saturated carbocycles.